The molecule has 0 aliphatic rings. The first-order valence-corrected chi connectivity index (χ1v) is 5.42. The van der Waals surface area contributed by atoms with Crippen molar-refractivity contribution < 1.29 is 13.2 Å². The maximum Gasteiger partial charge on any atom is 0.437 e. The number of fused-ring (bicyclic) bond motifs is 1. The SMILES string of the molecule is CCCCc1cn2ccnc(C(F)(F)F)c2n1. The molecule has 0 saturated carbocycles. The number of rotatable bonds is 3. The zero-order valence-electron chi connectivity index (χ0n) is 9.33. The molecule has 2 aromatic heterocycles. The van der Waals surface area contributed by atoms with Crippen LogP contribution in [0.3, 0.4) is 0 Å². The van der Waals surface area contributed by atoms with Crippen molar-refractivity contribution in [1.82, 2.24) is 14.4 Å². The fourth-order valence-corrected chi connectivity index (χ4v) is 1.65. The van der Waals surface area contributed by atoms with Crippen LogP contribution in [0.2, 0.25) is 0 Å². The Balaban J connectivity index is 2.46. The van der Waals surface area contributed by atoms with E-state index in [1.165, 1.54) is 10.6 Å². The van der Waals surface area contributed by atoms with E-state index in [0.29, 0.717) is 12.1 Å². The number of unbranched alkanes of at least 4 members (excludes halogenated alkanes) is 1. The van der Waals surface area contributed by atoms with Crippen molar-refractivity contribution in [2.75, 3.05) is 0 Å². The highest BCUT2D eigenvalue weighted by Gasteiger charge is 2.35. The highest BCUT2D eigenvalue weighted by atomic mass is 19.4. The Morgan fingerprint density at radius 1 is 1.35 bits per heavy atom. The van der Waals surface area contributed by atoms with Gasteiger partial charge >= 0.3 is 6.18 Å². The molecule has 0 aliphatic heterocycles. The highest BCUT2D eigenvalue weighted by molar-refractivity contribution is 5.46. The summed E-state index contributed by atoms with van der Waals surface area (Å²) in [6.07, 6.45) is 2.37. The van der Waals surface area contributed by atoms with Crippen LogP contribution in [0.25, 0.3) is 5.65 Å². The molecule has 0 fully saturated rings. The molecule has 6 heteroatoms. The molecular formula is C11H12F3N3. The maximum atomic E-state index is 12.7. The van der Waals surface area contributed by atoms with E-state index in [-0.39, 0.29) is 5.65 Å². The molecule has 0 spiro atoms. The lowest BCUT2D eigenvalue weighted by Gasteiger charge is -2.05. The molecule has 92 valence electrons. The average molecular weight is 243 g/mol. The van der Waals surface area contributed by atoms with Gasteiger partial charge in [0.25, 0.3) is 0 Å². The van der Waals surface area contributed by atoms with Crippen LogP contribution in [0, 0.1) is 0 Å². The summed E-state index contributed by atoms with van der Waals surface area (Å²) in [6, 6.07) is 0. The standard InChI is InChI=1S/C11H12F3N3/c1-2-3-4-8-7-17-6-5-15-9(10(17)16-8)11(12,13)14/h5-7H,2-4H2,1H3. The van der Waals surface area contributed by atoms with Crippen LogP contribution in [0.4, 0.5) is 13.2 Å². The van der Waals surface area contributed by atoms with E-state index in [1.54, 1.807) is 6.20 Å². The number of imidazole rings is 1. The van der Waals surface area contributed by atoms with Crippen LogP contribution in [-0.4, -0.2) is 14.4 Å². The molecule has 0 amide bonds. The zero-order chi connectivity index (χ0) is 12.5. The van der Waals surface area contributed by atoms with Gasteiger partial charge < -0.3 is 4.40 Å². The van der Waals surface area contributed by atoms with Gasteiger partial charge in [0.05, 0.1) is 5.69 Å². The van der Waals surface area contributed by atoms with Gasteiger partial charge in [-0.2, -0.15) is 13.2 Å². The predicted molar refractivity (Wildman–Crippen MR) is 56.6 cm³/mol. The van der Waals surface area contributed by atoms with E-state index in [0.717, 1.165) is 19.0 Å². The van der Waals surface area contributed by atoms with Crippen molar-refractivity contribution in [3.05, 3.63) is 30.0 Å². The van der Waals surface area contributed by atoms with Gasteiger partial charge in [-0.15, -0.1) is 0 Å². The molecule has 0 unspecified atom stereocenters. The topological polar surface area (TPSA) is 30.2 Å². The molecule has 0 bridgehead atoms. The fourth-order valence-electron chi connectivity index (χ4n) is 1.65. The third kappa shape index (κ3) is 2.40. The number of hydrogen-bond donors (Lipinski definition) is 0. The minimum atomic E-state index is -4.46. The van der Waals surface area contributed by atoms with E-state index in [9.17, 15) is 13.2 Å². The maximum absolute atomic E-state index is 12.7. The third-order valence-electron chi connectivity index (χ3n) is 2.48. The van der Waals surface area contributed by atoms with E-state index in [4.69, 9.17) is 0 Å². The van der Waals surface area contributed by atoms with Crippen molar-refractivity contribution in [1.29, 1.82) is 0 Å². The number of aromatic nitrogens is 3. The number of aryl methyl sites for hydroxylation is 1. The fraction of sp³-hybridized carbons (Fsp3) is 0.455. The quantitative estimate of drug-likeness (QED) is 0.829. The minimum Gasteiger partial charge on any atom is -0.303 e. The molecule has 2 aromatic rings. The Hall–Kier alpha value is -1.59. The molecule has 0 saturated heterocycles. The first-order chi connectivity index (χ1) is 8.02. The van der Waals surface area contributed by atoms with Crippen molar-refractivity contribution in [2.45, 2.75) is 32.4 Å². The summed E-state index contributed by atoms with van der Waals surface area (Å²) >= 11 is 0. The van der Waals surface area contributed by atoms with Gasteiger partial charge in [-0.3, -0.25) is 0 Å². The first kappa shape index (κ1) is 11.9. The third-order valence-corrected chi connectivity index (χ3v) is 2.48. The van der Waals surface area contributed by atoms with Crippen LogP contribution in [0.1, 0.15) is 31.2 Å². The summed E-state index contributed by atoms with van der Waals surface area (Å²) in [5, 5.41) is 0. The average Bonchev–Trinajstić information content (AvgIpc) is 2.66. The molecule has 2 heterocycles. The van der Waals surface area contributed by atoms with Crippen molar-refractivity contribution in [3.8, 4) is 0 Å². The summed E-state index contributed by atoms with van der Waals surface area (Å²) in [7, 11) is 0. The molecule has 3 nitrogen and oxygen atoms in total. The van der Waals surface area contributed by atoms with Gasteiger partial charge in [-0.05, 0) is 12.8 Å². The Bertz CT molecular complexity index is 516. The summed E-state index contributed by atoms with van der Waals surface area (Å²) in [5.74, 6) is 0. The smallest absolute Gasteiger partial charge is 0.303 e. The van der Waals surface area contributed by atoms with Crippen molar-refractivity contribution in [3.63, 3.8) is 0 Å². The second kappa shape index (κ2) is 4.35. The Labute approximate surface area is 96.3 Å². The van der Waals surface area contributed by atoms with E-state index in [1.807, 2.05) is 6.92 Å². The Morgan fingerprint density at radius 2 is 2.12 bits per heavy atom. The molecule has 0 aliphatic carbocycles. The summed E-state index contributed by atoms with van der Waals surface area (Å²) in [5.41, 5.74) is -0.376. The number of nitrogens with zero attached hydrogens (tertiary/aromatic N) is 3. The van der Waals surface area contributed by atoms with Crippen LogP contribution >= 0.6 is 0 Å². The Kier molecular flexibility index (Phi) is 3.04. The number of alkyl halides is 3. The van der Waals surface area contributed by atoms with Crippen LogP contribution in [0.15, 0.2) is 18.6 Å². The van der Waals surface area contributed by atoms with Gasteiger partial charge in [0.1, 0.15) is 0 Å². The van der Waals surface area contributed by atoms with Crippen LogP contribution in [0.5, 0.6) is 0 Å². The largest absolute Gasteiger partial charge is 0.437 e. The molecule has 0 radical (unpaired) electrons. The van der Waals surface area contributed by atoms with E-state index in [2.05, 4.69) is 9.97 Å². The van der Waals surface area contributed by atoms with Gasteiger partial charge in [-0.25, -0.2) is 9.97 Å². The van der Waals surface area contributed by atoms with E-state index >= 15 is 0 Å². The second-order valence-corrected chi connectivity index (χ2v) is 3.84. The predicted octanol–water partition coefficient (Wildman–Crippen LogP) is 3.09. The van der Waals surface area contributed by atoms with E-state index < -0.39 is 11.9 Å². The molecule has 0 atom stereocenters. The lowest BCUT2D eigenvalue weighted by Crippen LogP contribution is -2.10. The Morgan fingerprint density at radius 3 is 2.76 bits per heavy atom. The monoisotopic (exact) mass is 243 g/mol. The summed E-state index contributed by atoms with van der Waals surface area (Å²) < 4.78 is 39.4. The van der Waals surface area contributed by atoms with Crippen molar-refractivity contribution >= 4 is 5.65 Å². The van der Waals surface area contributed by atoms with Gasteiger partial charge in [0.2, 0.25) is 0 Å². The van der Waals surface area contributed by atoms with Crippen LogP contribution in [-0.2, 0) is 12.6 Å². The normalized spacial score (nSPS) is 12.2. The van der Waals surface area contributed by atoms with Gasteiger partial charge in [0, 0.05) is 18.6 Å². The second-order valence-electron chi connectivity index (χ2n) is 3.84. The highest BCUT2D eigenvalue weighted by Crippen LogP contribution is 2.30. The van der Waals surface area contributed by atoms with Gasteiger partial charge in [-0.1, -0.05) is 13.3 Å². The minimum absolute atomic E-state index is 0.119. The lowest BCUT2D eigenvalue weighted by molar-refractivity contribution is -0.140. The molecule has 17 heavy (non-hydrogen) atoms. The zero-order valence-corrected chi connectivity index (χ0v) is 9.33. The van der Waals surface area contributed by atoms with Crippen LogP contribution < -0.4 is 0 Å². The summed E-state index contributed by atoms with van der Waals surface area (Å²) in [6.45, 7) is 2.03. The molecule has 0 N–H and O–H groups in total. The molecular weight excluding hydrogens is 231 g/mol. The summed E-state index contributed by atoms with van der Waals surface area (Å²) in [4.78, 5) is 7.36. The van der Waals surface area contributed by atoms with Gasteiger partial charge in [0.15, 0.2) is 11.3 Å². The lowest BCUT2D eigenvalue weighted by atomic mass is 10.2. The first-order valence-electron chi connectivity index (χ1n) is 5.42. The molecule has 0 aromatic carbocycles. The molecule has 2 rings (SSSR count). The number of halogens is 3. The number of hydrogen-bond acceptors (Lipinski definition) is 2. The van der Waals surface area contributed by atoms with Crippen molar-refractivity contribution in [2.24, 2.45) is 0 Å².